The molecule has 1 N–H and O–H groups in total. The van der Waals surface area contributed by atoms with E-state index in [1.165, 1.54) is 4.68 Å². The van der Waals surface area contributed by atoms with Gasteiger partial charge in [0.2, 0.25) is 0 Å². The van der Waals surface area contributed by atoms with Gasteiger partial charge in [0.1, 0.15) is 28.8 Å². The van der Waals surface area contributed by atoms with Crippen LogP contribution in [0.1, 0.15) is 23.0 Å². The second kappa shape index (κ2) is 11.2. The molecular weight excluding hydrogens is 434 g/mol. The Bertz CT molecular complexity index is 1050. The lowest BCUT2D eigenvalue weighted by Gasteiger charge is -2.09. The number of benzene rings is 2. The number of hydrogen-bond donors (Lipinski definition) is 1. The van der Waals surface area contributed by atoms with Gasteiger partial charge in [0.25, 0.3) is 5.91 Å². The molecule has 0 aliphatic carbocycles. The Morgan fingerprint density at radius 2 is 1.69 bits per heavy atom. The number of hydrogen-bond acceptors (Lipinski definition) is 6. The number of carbonyl (C=O) groups excluding carboxylic acids is 2. The Hall–Kier alpha value is -3.52. The highest BCUT2D eigenvalue weighted by molar-refractivity contribution is 6.33. The van der Waals surface area contributed by atoms with Crippen molar-refractivity contribution in [1.29, 1.82) is 0 Å². The van der Waals surface area contributed by atoms with E-state index in [0.717, 1.165) is 5.75 Å². The van der Waals surface area contributed by atoms with Crippen molar-refractivity contribution >= 4 is 23.5 Å². The zero-order chi connectivity index (χ0) is 22.9. The van der Waals surface area contributed by atoms with E-state index in [0.29, 0.717) is 23.7 Å². The summed E-state index contributed by atoms with van der Waals surface area (Å²) in [4.78, 5) is 24.4. The van der Waals surface area contributed by atoms with Crippen molar-refractivity contribution in [3.63, 3.8) is 0 Å². The second-order valence-corrected chi connectivity index (χ2v) is 7.04. The number of esters is 1. The first-order valence-electron chi connectivity index (χ1n) is 10.1. The lowest BCUT2D eigenvalue weighted by molar-refractivity contribution is -0.124. The average molecular weight is 458 g/mol. The van der Waals surface area contributed by atoms with E-state index in [1.807, 2.05) is 49.4 Å². The van der Waals surface area contributed by atoms with E-state index in [4.69, 9.17) is 25.8 Å². The highest BCUT2D eigenvalue weighted by atomic mass is 35.5. The Morgan fingerprint density at radius 1 is 1.03 bits per heavy atom. The molecule has 0 aliphatic rings. The van der Waals surface area contributed by atoms with E-state index in [2.05, 4.69) is 10.4 Å². The highest BCUT2D eigenvalue weighted by Crippen LogP contribution is 2.24. The molecule has 0 unspecified atom stereocenters. The summed E-state index contributed by atoms with van der Waals surface area (Å²) >= 11 is 6.34. The van der Waals surface area contributed by atoms with Gasteiger partial charge in [-0.25, -0.2) is 9.48 Å². The largest absolute Gasteiger partial charge is 0.494 e. The van der Waals surface area contributed by atoms with Crippen molar-refractivity contribution in [2.45, 2.75) is 13.8 Å². The third-order valence-electron chi connectivity index (χ3n) is 4.37. The fourth-order valence-corrected chi connectivity index (χ4v) is 3.23. The molecule has 3 aromatic rings. The third kappa shape index (κ3) is 6.01. The van der Waals surface area contributed by atoms with Gasteiger partial charge >= 0.3 is 5.97 Å². The monoisotopic (exact) mass is 457 g/mol. The number of carbonyl (C=O) groups is 2. The van der Waals surface area contributed by atoms with E-state index in [9.17, 15) is 9.59 Å². The number of para-hydroxylation sites is 1. The third-order valence-corrected chi connectivity index (χ3v) is 4.72. The minimum Gasteiger partial charge on any atom is -0.494 e. The van der Waals surface area contributed by atoms with Crippen LogP contribution in [-0.4, -0.2) is 48.0 Å². The van der Waals surface area contributed by atoms with E-state index in [-0.39, 0.29) is 23.9 Å². The molecule has 0 saturated heterocycles. The average Bonchev–Trinajstić information content (AvgIpc) is 3.11. The Morgan fingerprint density at radius 3 is 2.34 bits per heavy atom. The van der Waals surface area contributed by atoms with Gasteiger partial charge < -0.3 is 19.5 Å². The number of nitrogens with zero attached hydrogens (tertiary/aromatic N) is 2. The predicted octanol–water partition coefficient (Wildman–Crippen LogP) is 3.58. The van der Waals surface area contributed by atoms with Crippen molar-refractivity contribution < 1.29 is 23.8 Å². The summed E-state index contributed by atoms with van der Waals surface area (Å²) in [5.41, 5.74) is 1.25. The first-order valence-corrected chi connectivity index (χ1v) is 10.5. The van der Waals surface area contributed by atoms with Gasteiger partial charge in [-0.15, -0.1) is 0 Å². The van der Waals surface area contributed by atoms with E-state index >= 15 is 0 Å². The van der Waals surface area contributed by atoms with Crippen LogP contribution in [-0.2, 0) is 9.53 Å². The minimum absolute atomic E-state index is 0.127. The topological polar surface area (TPSA) is 91.7 Å². The molecule has 1 amide bonds. The molecule has 0 bridgehead atoms. The molecule has 0 atom stereocenters. The first-order chi connectivity index (χ1) is 15.5. The van der Waals surface area contributed by atoms with Crippen molar-refractivity contribution in [2.24, 2.45) is 0 Å². The number of ether oxygens (including phenoxy) is 3. The molecule has 1 aromatic heterocycles. The smallest absolute Gasteiger partial charge is 0.343 e. The van der Waals surface area contributed by atoms with Gasteiger partial charge in [-0.3, -0.25) is 4.79 Å². The Kier molecular flexibility index (Phi) is 8.10. The Balaban J connectivity index is 1.44. The van der Waals surface area contributed by atoms with Crippen molar-refractivity contribution in [3.05, 3.63) is 71.0 Å². The number of rotatable bonds is 10. The van der Waals surface area contributed by atoms with Gasteiger partial charge in [0, 0.05) is 0 Å². The molecular formula is C23H24ClN3O5. The number of aryl methyl sites for hydroxylation is 1. The molecule has 2 aromatic carbocycles. The van der Waals surface area contributed by atoms with E-state index in [1.54, 1.807) is 19.1 Å². The van der Waals surface area contributed by atoms with Crippen LogP contribution < -0.4 is 14.8 Å². The normalized spacial score (nSPS) is 10.5. The highest BCUT2D eigenvalue weighted by Gasteiger charge is 2.23. The molecule has 0 saturated carbocycles. The quantitative estimate of drug-likeness (QED) is 0.369. The summed E-state index contributed by atoms with van der Waals surface area (Å²) < 4.78 is 17.5. The lowest BCUT2D eigenvalue weighted by Crippen LogP contribution is -2.32. The first kappa shape index (κ1) is 23.1. The molecule has 0 fully saturated rings. The zero-order valence-corrected chi connectivity index (χ0v) is 18.6. The fourth-order valence-electron chi connectivity index (χ4n) is 2.88. The van der Waals surface area contributed by atoms with Crippen LogP contribution in [0.3, 0.4) is 0 Å². The minimum atomic E-state index is -0.713. The van der Waals surface area contributed by atoms with Crippen LogP contribution in [0.2, 0.25) is 5.15 Å². The molecule has 1 heterocycles. The number of halogens is 1. The maximum Gasteiger partial charge on any atom is 0.343 e. The van der Waals surface area contributed by atoms with Gasteiger partial charge in [-0.1, -0.05) is 29.8 Å². The summed E-state index contributed by atoms with van der Waals surface area (Å²) in [6.45, 7) is 4.25. The van der Waals surface area contributed by atoms with E-state index < -0.39 is 18.5 Å². The zero-order valence-electron chi connectivity index (χ0n) is 17.8. The standard InChI is InChI=1S/C23H24ClN3O5/c1-3-30-18-9-11-19(12-10-18)31-14-13-25-20(28)15-32-23(29)21-16(2)26-27(22(21)24)17-7-5-4-6-8-17/h4-12H,3,13-15H2,1-2H3,(H,25,28). The van der Waals surface area contributed by atoms with Crippen LogP contribution in [0, 0.1) is 6.92 Å². The summed E-state index contributed by atoms with van der Waals surface area (Å²) in [6, 6.07) is 16.4. The van der Waals surface area contributed by atoms with Crippen LogP contribution in [0.15, 0.2) is 54.6 Å². The number of nitrogens with one attached hydrogen (secondary N) is 1. The fraction of sp³-hybridized carbons (Fsp3) is 0.261. The van der Waals surface area contributed by atoms with Gasteiger partial charge in [-0.2, -0.15) is 5.10 Å². The van der Waals surface area contributed by atoms with Crippen LogP contribution in [0.5, 0.6) is 11.5 Å². The molecule has 168 valence electrons. The van der Waals surface area contributed by atoms with Crippen molar-refractivity contribution in [1.82, 2.24) is 15.1 Å². The molecule has 3 rings (SSSR count). The molecule has 32 heavy (non-hydrogen) atoms. The van der Waals surface area contributed by atoms with Gasteiger partial charge in [-0.05, 0) is 50.2 Å². The lowest BCUT2D eigenvalue weighted by atomic mass is 10.2. The summed E-state index contributed by atoms with van der Waals surface area (Å²) in [6.07, 6.45) is 0. The van der Waals surface area contributed by atoms with Crippen molar-refractivity contribution in [2.75, 3.05) is 26.4 Å². The second-order valence-electron chi connectivity index (χ2n) is 6.68. The SMILES string of the molecule is CCOc1ccc(OCCNC(=O)COC(=O)c2c(C)nn(-c3ccccc3)c2Cl)cc1. The number of amides is 1. The molecule has 0 aliphatic heterocycles. The maximum absolute atomic E-state index is 12.4. The van der Waals surface area contributed by atoms with Crippen LogP contribution in [0.25, 0.3) is 5.69 Å². The summed E-state index contributed by atoms with van der Waals surface area (Å²) in [5.74, 6) is 0.266. The van der Waals surface area contributed by atoms with Gasteiger partial charge in [0.15, 0.2) is 6.61 Å². The van der Waals surface area contributed by atoms with Crippen LogP contribution in [0.4, 0.5) is 0 Å². The summed E-state index contributed by atoms with van der Waals surface area (Å²) in [5, 5.41) is 7.05. The number of aromatic nitrogens is 2. The molecule has 8 nitrogen and oxygen atoms in total. The molecule has 9 heteroatoms. The van der Waals surface area contributed by atoms with Crippen LogP contribution >= 0.6 is 11.6 Å². The predicted molar refractivity (Wildman–Crippen MR) is 120 cm³/mol. The molecule has 0 spiro atoms. The van der Waals surface area contributed by atoms with Crippen molar-refractivity contribution in [3.8, 4) is 17.2 Å². The van der Waals surface area contributed by atoms with Gasteiger partial charge in [0.05, 0.1) is 24.5 Å². The Labute approximate surface area is 191 Å². The molecule has 0 radical (unpaired) electrons. The maximum atomic E-state index is 12.4. The summed E-state index contributed by atoms with van der Waals surface area (Å²) in [7, 11) is 0.